The van der Waals surface area contributed by atoms with E-state index in [-0.39, 0.29) is 12.5 Å². The summed E-state index contributed by atoms with van der Waals surface area (Å²) in [7, 11) is -3.22. The fraction of sp³-hybridized carbons (Fsp3) is 0.167. The number of amides is 1. The van der Waals surface area contributed by atoms with Crippen molar-refractivity contribution in [1.29, 1.82) is 0 Å². The summed E-state index contributed by atoms with van der Waals surface area (Å²) in [5, 5.41) is 2.76. The molecule has 0 unspecified atom stereocenters. The first-order chi connectivity index (χ1) is 11.3. The molecule has 2 aromatic rings. The Kier molecular flexibility index (Phi) is 5.89. The number of carbonyl (C=O) groups excluding carboxylic acids is 1. The van der Waals surface area contributed by atoms with Crippen LogP contribution >= 0.6 is 0 Å². The molecule has 0 saturated heterocycles. The smallest absolute Gasteiger partial charge is 0.248 e. The molecule has 0 fully saturated rings. The maximum absolute atomic E-state index is 11.9. The molecule has 0 radical (unpaired) electrons. The number of sulfonamides is 1. The average Bonchev–Trinajstić information content (AvgIpc) is 2.52. The third-order valence-corrected chi connectivity index (χ3v) is 3.90. The highest BCUT2D eigenvalue weighted by Gasteiger charge is 2.02. The first kappa shape index (κ1) is 17.9. The number of rotatable bonds is 6. The number of benzene rings is 2. The van der Waals surface area contributed by atoms with E-state index in [1.165, 1.54) is 6.08 Å². The van der Waals surface area contributed by atoms with Gasteiger partial charge in [-0.15, -0.1) is 0 Å². The summed E-state index contributed by atoms with van der Waals surface area (Å²) in [5.41, 5.74) is 3.56. The predicted molar refractivity (Wildman–Crippen MR) is 97.0 cm³/mol. The van der Waals surface area contributed by atoms with Gasteiger partial charge in [0.1, 0.15) is 0 Å². The second-order valence-electron chi connectivity index (χ2n) is 5.53. The number of aryl methyl sites for hydroxylation is 1. The summed E-state index contributed by atoms with van der Waals surface area (Å²) in [4.78, 5) is 11.9. The zero-order valence-electron chi connectivity index (χ0n) is 13.6. The Morgan fingerprint density at radius 2 is 1.83 bits per heavy atom. The first-order valence-corrected chi connectivity index (χ1v) is 9.30. The van der Waals surface area contributed by atoms with Gasteiger partial charge in [-0.25, -0.2) is 13.1 Å². The van der Waals surface area contributed by atoms with Gasteiger partial charge < -0.3 is 5.32 Å². The van der Waals surface area contributed by atoms with Crippen molar-refractivity contribution in [3.05, 3.63) is 71.3 Å². The summed E-state index contributed by atoms with van der Waals surface area (Å²) >= 11 is 0. The van der Waals surface area contributed by atoms with Gasteiger partial charge in [-0.1, -0.05) is 42.0 Å². The van der Waals surface area contributed by atoms with E-state index in [2.05, 4.69) is 10.0 Å². The van der Waals surface area contributed by atoms with Crippen molar-refractivity contribution in [3.8, 4) is 0 Å². The lowest BCUT2D eigenvalue weighted by atomic mass is 10.1. The van der Waals surface area contributed by atoms with E-state index in [0.717, 1.165) is 22.9 Å². The number of carbonyl (C=O) groups is 1. The lowest BCUT2D eigenvalue weighted by Gasteiger charge is -2.05. The van der Waals surface area contributed by atoms with Crippen LogP contribution in [0.2, 0.25) is 0 Å². The average molecular weight is 344 g/mol. The molecule has 0 bridgehead atoms. The van der Waals surface area contributed by atoms with E-state index in [9.17, 15) is 13.2 Å². The van der Waals surface area contributed by atoms with Crippen LogP contribution in [-0.2, 0) is 21.4 Å². The Labute approximate surface area is 142 Å². The molecular weight excluding hydrogens is 324 g/mol. The summed E-state index contributed by atoms with van der Waals surface area (Å²) in [5.74, 6) is -0.224. The van der Waals surface area contributed by atoms with Crippen LogP contribution in [0.5, 0.6) is 0 Å². The summed E-state index contributed by atoms with van der Waals surface area (Å²) in [6.07, 6.45) is 4.35. The molecule has 0 aliphatic rings. The highest BCUT2D eigenvalue weighted by Crippen LogP contribution is 2.10. The molecule has 1 amide bonds. The molecule has 0 aliphatic carbocycles. The van der Waals surface area contributed by atoms with Crippen LogP contribution in [0.15, 0.2) is 54.6 Å². The van der Waals surface area contributed by atoms with E-state index < -0.39 is 10.0 Å². The standard InChI is InChI=1S/C18H20N2O3S/c1-14-4-3-5-15(12-14)8-11-18(21)20-17-9-6-16(7-10-17)13-19-24(2,22)23/h3-12,19H,13H2,1-2H3,(H,20,21). The molecular formula is C18H20N2O3S. The van der Waals surface area contributed by atoms with Gasteiger partial charge in [-0.2, -0.15) is 0 Å². The van der Waals surface area contributed by atoms with Gasteiger partial charge in [-0.3, -0.25) is 4.79 Å². The molecule has 0 aromatic heterocycles. The molecule has 2 rings (SSSR count). The maximum Gasteiger partial charge on any atom is 0.248 e. The van der Waals surface area contributed by atoms with Gasteiger partial charge in [0, 0.05) is 18.3 Å². The second-order valence-corrected chi connectivity index (χ2v) is 7.36. The number of nitrogens with one attached hydrogen (secondary N) is 2. The van der Waals surface area contributed by atoms with E-state index in [0.29, 0.717) is 5.69 Å². The summed E-state index contributed by atoms with van der Waals surface area (Å²) < 4.78 is 24.5. The van der Waals surface area contributed by atoms with Crippen molar-refractivity contribution < 1.29 is 13.2 Å². The Hall–Kier alpha value is -2.44. The normalized spacial score (nSPS) is 11.6. The van der Waals surface area contributed by atoms with Crippen molar-refractivity contribution in [2.75, 3.05) is 11.6 Å². The van der Waals surface area contributed by atoms with Crippen molar-refractivity contribution in [3.63, 3.8) is 0 Å². The Balaban J connectivity index is 1.92. The molecule has 0 heterocycles. The van der Waals surface area contributed by atoms with E-state index >= 15 is 0 Å². The highest BCUT2D eigenvalue weighted by atomic mass is 32.2. The van der Waals surface area contributed by atoms with Crippen molar-refractivity contribution in [2.24, 2.45) is 0 Å². The topological polar surface area (TPSA) is 75.3 Å². The number of anilines is 1. The Morgan fingerprint density at radius 1 is 1.12 bits per heavy atom. The lowest BCUT2D eigenvalue weighted by molar-refractivity contribution is -0.111. The van der Waals surface area contributed by atoms with Crippen LogP contribution < -0.4 is 10.0 Å². The van der Waals surface area contributed by atoms with Gasteiger partial charge in [0.2, 0.25) is 15.9 Å². The number of hydrogen-bond acceptors (Lipinski definition) is 3. The van der Waals surface area contributed by atoms with Crippen LogP contribution in [0.4, 0.5) is 5.69 Å². The second kappa shape index (κ2) is 7.90. The maximum atomic E-state index is 11.9. The number of hydrogen-bond donors (Lipinski definition) is 2. The molecule has 2 aromatic carbocycles. The molecule has 5 nitrogen and oxygen atoms in total. The van der Waals surface area contributed by atoms with Crippen LogP contribution in [0.3, 0.4) is 0 Å². The fourth-order valence-corrected chi connectivity index (χ4v) is 2.48. The van der Waals surface area contributed by atoms with Crippen molar-refractivity contribution in [1.82, 2.24) is 4.72 Å². The molecule has 2 N–H and O–H groups in total. The molecule has 0 saturated carbocycles. The molecule has 0 atom stereocenters. The van der Waals surface area contributed by atoms with E-state index in [1.54, 1.807) is 30.3 Å². The highest BCUT2D eigenvalue weighted by molar-refractivity contribution is 7.88. The minimum Gasteiger partial charge on any atom is -0.323 e. The minimum absolute atomic E-state index is 0.223. The molecule has 6 heteroatoms. The zero-order chi connectivity index (χ0) is 17.6. The Morgan fingerprint density at radius 3 is 2.46 bits per heavy atom. The van der Waals surface area contributed by atoms with Crippen LogP contribution in [0.25, 0.3) is 6.08 Å². The zero-order valence-corrected chi connectivity index (χ0v) is 14.4. The molecule has 24 heavy (non-hydrogen) atoms. The largest absolute Gasteiger partial charge is 0.323 e. The summed E-state index contributed by atoms with van der Waals surface area (Å²) in [6, 6.07) is 14.9. The quantitative estimate of drug-likeness (QED) is 0.791. The van der Waals surface area contributed by atoms with Gasteiger partial charge in [0.25, 0.3) is 0 Å². The van der Waals surface area contributed by atoms with Crippen LogP contribution in [0, 0.1) is 6.92 Å². The molecule has 0 aliphatic heterocycles. The minimum atomic E-state index is -3.22. The van der Waals surface area contributed by atoms with Gasteiger partial charge >= 0.3 is 0 Å². The van der Waals surface area contributed by atoms with Crippen LogP contribution in [-0.4, -0.2) is 20.6 Å². The lowest BCUT2D eigenvalue weighted by Crippen LogP contribution is -2.21. The first-order valence-electron chi connectivity index (χ1n) is 7.41. The molecule has 0 spiro atoms. The van der Waals surface area contributed by atoms with Crippen LogP contribution in [0.1, 0.15) is 16.7 Å². The van der Waals surface area contributed by atoms with E-state index in [4.69, 9.17) is 0 Å². The van der Waals surface area contributed by atoms with E-state index in [1.807, 2.05) is 31.2 Å². The third kappa shape index (κ3) is 6.36. The predicted octanol–water partition coefficient (Wildman–Crippen LogP) is 2.70. The Bertz CT molecular complexity index is 841. The fourth-order valence-electron chi connectivity index (χ4n) is 2.05. The monoisotopic (exact) mass is 344 g/mol. The van der Waals surface area contributed by atoms with Gasteiger partial charge in [0.05, 0.1) is 6.26 Å². The van der Waals surface area contributed by atoms with Crippen molar-refractivity contribution in [2.45, 2.75) is 13.5 Å². The molecule has 126 valence electrons. The van der Waals surface area contributed by atoms with Gasteiger partial charge in [0.15, 0.2) is 0 Å². The van der Waals surface area contributed by atoms with Crippen molar-refractivity contribution >= 4 is 27.7 Å². The third-order valence-electron chi connectivity index (χ3n) is 3.23. The van der Waals surface area contributed by atoms with Gasteiger partial charge in [-0.05, 0) is 36.3 Å². The SMILES string of the molecule is Cc1cccc(C=CC(=O)Nc2ccc(CNS(C)(=O)=O)cc2)c1. The summed E-state index contributed by atoms with van der Waals surface area (Å²) in [6.45, 7) is 2.22.